The first-order valence-corrected chi connectivity index (χ1v) is 12.0. The van der Waals surface area contributed by atoms with Crippen LogP contribution in [0.3, 0.4) is 0 Å². The Bertz CT molecular complexity index is 806. The molecular weight excluding hydrogens is 352 g/mol. The molecule has 0 bridgehead atoms. The highest BCUT2D eigenvalue weighted by molar-refractivity contribution is 5.92. The number of fused-ring (bicyclic) bond motifs is 4. The fourth-order valence-corrected chi connectivity index (χ4v) is 6.91. The Morgan fingerprint density at radius 3 is 2.45 bits per heavy atom. The van der Waals surface area contributed by atoms with Crippen LogP contribution >= 0.6 is 0 Å². The van der Waals surface area contributed by atoms with Gasteiger partial charge in [0.15, 0.2) is 5.78 Å². The van der Waals surface area contributed by atoms with E-state index < -0.39 is 0 Å². The second-order valence-corrected chi connectivity index (χ2v) is 11.3. The standard InChI is InChI=1S/C28H40O/c1-18(2)19(3)7-8-20(4)24-11-12-25-23-10-9-21-17-22(29)13-15-27(21,5)26(23)14-16-28(24,25)6/h7-10,17-20,24,26H,11-16H2,1-6H3/b8-7+/t19-,20+,24+,26?,27-,28+/m0/s1. The lowest BCUT2D eigenvalue weighted by atomic mass is 9.53. The third-order valence-corrected chi connectivity index (χ3v) is 9.37. The summed E-state index contributed by atoms with van der Waals surface area (Å²) in [5, 5.41) is 0. The lowest BCUT2D eigenvalue weighted by Crippen LogP contribution is -2.41. The normalized spacial score (nSPS) is 38.7. The van der Waals surface area contributed by atoms with Crippen molar-refractivity contribution in [2.24, 2.45) is 40.4 Å². The Kier molecular flexibility index (Phi) is 5.33. The Morgan fingerprint density at radius 2 is 1.72 bits per heavy atom. The van der Waals surface area contributed by atoms with Crippen LogP contribution in [0.15, 0.2) is 47.1 Å². The molecule has 0 saturated heterocycles. The highest BCUT2D eigenvalue weighted by Crippen LogP contribution is 2.63. The van der Waals surface area contributed by atoms with Gasteiger partial charge in [0.1, 0.15) is 0 Å². The molecule has 4 aliphatic carbocycles. The maximum atomic E-state index is 12.0. The van der Waals surface area contributed by atoms with Gasteiger partial charge in [0.25, 0.3) is 0 Å². The van der Waals surface area contributed by atoms with Gasteiger partial charge in [-0.3, -0.25) is 4.79 Å². The summed E-state index contributed by atoms with van der Waals surface area (Å²) < 4.78 is 0. The average Bonchev–Trinajstić information content (AvgIpc) is 3.03. The van der Waals surface area contributed by atoms with E-state index in [-0.39, 0.29) is 5.41 Å². The Labute approximate surface area is 178 Å². The molecule has 4 aliphatic rings. The maximum Gasteiger partial charge on any atom is 0.156 e. The minimum Gasteiger partial charge on any atom is -0.295 e. The molecule has 1 saturated carbocycles. The summed E-state index contributed by atoms with van der Waals surface area (Å²) in [6, 6.07) is 0. The van der Waals surface area contributed by atoms with E-state index in [1.165, 1.54) is 31.3 Å². The van der Waals surface area contributed by atoms with Gasteiger partial charge in [0.2, 0.25) is 0 Å². The summed E-state index contributed by atoms with van der Waals surface area (Å²) in [7, 11) is 0. The maximum absolute atomic E-state index is 12.0. The van der Waals surface area contributed by atoms with Crippen LogP contribution in [0.25, 0.3) is 0 Å². The number of hydrogen-bond donors (Lipinski definition) is 0. The first kappa shape index (κ1) is 20.9. The number of hydrogen-bond acceptors (Lipinski definition) is 1. The van der Waals surface area contributed by atoms with Gasteiger partial charge < -0.3 is 0 Å². The molecule has 1 nitrogen and oxygen atoms in total. The molecule has 0 amide bonds. The molecule has 158 valence electrons. The molecule has 0 aromatic carbocycles. The van der Waals surface area contributed by atoms with Gasteiger partial charge in [-0.1, -0.05) is 71.4 Å². The summed E-state index contributed by atoms with van der Waals surface area (Å²) in [5.41, 5.74) is 5.21. The lowest BCUT2D eigenvalue weighted by molar-refractivity contribution is -0.116. The van der Waals surface area contributed by atoms with E-state index >= 15 is 0 Å². The van der Waals surface area contributed by atoms with Crippen LogP contribution in [-0.4, -0.2) is 5.78 Å². The third kappa shape index (κ3) is 3.33. The number of carbonyl (C=O) groups is 1. The zero-order valence-corrected chi connectivity index (χ0v) is 19.4. The summed E-state index contributed by atoms with van der Waals surface area (Å²) in [4.78, 5) is 12.0. The van der Waals surface area contributed by atoms with Crippen molar-refractivity contribution in [1.82, 2.24) is 0 Å². The first-order chi connectivity index (χ1) is 13.7. The smallest absolute Gasteiger partial charge is 0.156 e. The molecule has 0 spiro atoms. The third-order valence-electron chi connectivity index (χ3n) is 9.37. The summed E-state index contributed by atoms with van der Waals surface area (Å²) in [5.74, 6) is 3.69. The van der Waals surface area contributed by atoms with Crippen molar-refractivity contribution in [2.75, 3.05) is 0 Å². The second kappa shape index (κ2) is 7.40. The van der Waals surface area contributed by atoms with Crippen molar-refractivity contribution in [1.29, 1.82) is 0 Å². The quantitative estimate of drug-likeness (QED) is 0.454. The molecule has 0 aromatic rings. The van der Waals surface area contributed by atoms with Gasteiger partial charge in [-0.05, 0) is 89.7 Å². The van der Waals surface area contributed by atoms with Gasteiger partial charge in [0.05, 0.1) is 0 Å². The monoisotopic (exact) mass is 392 g/mol. The van der Waals surface area contributed by atoms with Gasteiger partial charge in [-0.15, -0.1) is 0 Å². The Hall–Kier alpha value is -1.37. The zero-order chi connectivity index (χ0) is 21.0. The van der Waals surface area contributed by atoms with Crippen molar-refractivity contribution in [2.45, 2.75) is 80.1 Å². The largest absolute Gasteiger partial charge is 0.295 e. The van der Waals surface area contributed by atoms with Crippen LogP contribution in [0.1, 0.15) is 80.1 Å². The number of rotatable bonds is 4. The van der Waals surface area contributed by atoms with E-state index in [0.29, 0.717) is 34.9 Å². The van der Waals surface area contributed by atoms with Crippen molar-refractivity contribution in [3.8, 4) is 0 Å². The SMILES string of the molecule is CC(C)[C@@H](C)/C=C/[C@@H](C)[C@H]1CCC2=C3C=CC4=CC(=O)CC[C@]4(C)C3CC[C@@]21C. The van der Waals surface area contributed by atoms with Gasteiger partial charge in [-0.25, -0.2) is 0 Å². The summed E-state index contributed by atoms with van der Waals surface area (Å²) >= 11 is 0. The van der Waals surface area contributed by atoms with Crippen molar-refractivity contribution < 1.29 is 4.79 Å². The van der Waals surface area contributed by atoms with E-state index in [4.69, 9.17) is 0 Å². The first-order valence-electron chi connectivity index (χ1n) is 12.0. The van der Waals surface area contributed by atoms with Crippen LogP contribution in [0, 0.1) is 40.4 Å². The van der Waals surface area contributed by atoms with E-state index in [1.807, 2.05) is 6.08 Å². The molecule has 1 heteroatoms. The lowest BCUT2D eigenvalue weighted by Gasteiger charge is -2.51. The highest BCUT2D eigenvalue weighted by atomic mass is 16.1. The fourth-order valence-electron chi connectivity index (χ4n) is 6.91. The van der Waals surface area contributed by atoms with Crippen LogP contribution in [0.2, 0.25) is 0 Å². The van der Waals surface area contributed by atoms with Gasteiger partial charge >= 0.3 is 0 Å². The van der Waals surface area contributed by atoms with Crippen LogP contribution < -0.4 is 0 Å². The minimum atomic E-state index is 0.169. The molecule has 1 fully saturated rings. The summed E-state index contributed by atoms with van der Waals surface area (Å²) in [6.07, 6.45) is 18.5. The molecule has 6 atom stereocenters. The van der Waals surface area contributed by atoms with E-state index in [1.54, 1.807) is 11.1 Å². The molecule has 0 radical (unpaired) electrons. The minimum absolute atomic E-state index is 0.169. The number of ketones is 1. The van der Waals surface area contributed by atoms with Crippen molar-refractivity contribution >= 4 is 5.78 Å². The van der Waals surface area contributed by atoms with Gasteiger partial charge in [-0.2, -0.15) is 0 Å². The topological polar surface area (TPSA) is 17.1 Å². The predicted octanol–water partition coefficient (Wildman–Crippen LogP) is 7.46. The van der Waals surface area contributed by atoms with Crippen LogP contribution in [0.5, 0.6) is 0 Å². The average molecular weight is 393 g/mol. The number of carbonyl (C=O) groups excluding carboxylic acids is 1. The summed E-state index contributed by atoms with van der Waals surface area (Å²) in [6.45, 7) is 14.4. The van der Waals surface area contributed by atoms with E-state index in [0.717, 1.165) is 18.8 Å². The predicted molar refractivity (Wildman–Crippen MR) is 122 cm³/mol. The molecule has 0 aliphatic heterocycles. The fraction of sp³-hybridized carbons (Fsp3) is 0.679. The molecule has 0 aromatic heterocycles. The van der Waals surface area contributed by atoms with Gasteiger partial charge in [0, 0.05) is 6.42 Å². The van der Waals surface area contributed by atoms with Crippen LogP contribution in [-0.2, 0) is 4.79 Å². The van der Waals surface area contributed by atoms with Crippen molar-refractivity contribution in [3.63, 3.8) is 0 Å². The molecular formula is C28H40O. The molecule has 4 rings (SSSR count). The Morgan fingerprint density at radius 1 is 0.966 bits per heavy atom. The van der Waals surface area contributed by atoms with E-state index in [9.17, 15) is 4.79 Å². The molecule has 0 heterocycles. The van der Waals surface area contributed by atoms with E-state index in [2.05, 4.69) is 65.8 Å². The Balaban J connectivity index is 1.65. The molecule has 29 heavy (non-hydrogen) atoms. The van der Waals surface area contributed by atoms with Crippen molar-refractivity contribution in [3.05, 3.63) is 47.1 Å². The second-order valence-electron chi connectivity index (χ2n) is 11.3. The highest BCUT2D eigenvalue weighted by Gasteiger charge is 2.53. The zero-order valence-electron chi connectivity index (χ0n) is 19.4. The molecule has 0 N–H and O–H groups in total. The van der Waals surface area contributed by atoms with Crippen LogP contribution in [0.4, 0.5) is 0 Å². The number of allylic oxidation sites excluding steroid dienone is 8. The molecule has 1 unspecified atom stereocenters.